The number of nitrogens with zero attached hydrogens (tertiary/aromatic N) is 1. The van der Waals surface area contributed by atoms with E-state index >= 15 is 0 Å². The monoisotopic (exact) mass is 422 g/mol. The molecule has 1 heterocycles. The lowest BCUT2D eigenvalue weighted by Gasteiger charge is -2.31. The zero-order valence-corrected chi connectivity index (χ0v) is 17.0. The Morgan fingerprint density at radius 2 is 1.72 bits per heavy atom. The van der Waals surface area contributed by atoms with E-state index in [4.69, 9.17) is 4.74 Å². The summed E-state index contributed by atoms with van der Waals surface area (Å²) in [5.41, 5.74) is 0.976. The van der Waals surface area contributed by atoms with Gasteiger partial charge in [0.2, 0.25) is 10.0 Å². The largest absolute Gasteiger partial charge is 0.497 e. The molecule has 1 aliphatic rings. The van der Waals surface area contributed by atoms with E-state index in [2.05, 4.69) is 5.32 Å². The number of methoxy groups -OCH3 is 1. The van der Waals surface area contributed by atoms with Crippen molar-refractivity contribution in [1.82, 2.24) is 9.62 Å². The fourth-order valence-corrected chi connectivity index (χ4v) is 4.65. The van der Waals surface area contributed by atoms with Crippen LogP contribution < -0.4 is 15.0 Å². The zero-order valence-electron chi connectivity index (χ0n) is 16.2. The van der Waals surface area contributed by atoms with Gasteiger partial charge in [-0.2, -0.15) is 4.31 Å². The van der Waals surface area contributed by atoms with E-state index in [9.17, 15) is 17.6 Å². The van der Waals surface area contributed by atoms with Gasteiger partial charge in [-0.05, 0) is 42.0 Å². The van der Waals surface area contributed by atoms with E-state index in [1.54, 1.807) is 7.11 Å². The first kappa shape index (κ1) is 21.2. The van der Waals surface area contributed by atoms with Crippen LogP contribution in [0.1, 0.15) is 5.56 Å². The minimum Gasteiger partial charge on any atom is -0.497 e. The van der Waals surface area contributed by atoms with E-state index < -0.39 is 15.8 Å². The number of quaternary nitrogens is 1. The van der Waals surface area contributed by atoms with Crippen molar-refractivity contribution in [2.45, 2.75) is 11.4 Å². The van der Waals surface area contributed by atoms with Crippen LogP contribution in [0.4, 0.5) is 4.39 Å². The second-order valence-corrected chi connectivity index (χ2v) is 8.85. The molecule has 0 radical (unpaired) electrons. The Morgan fingerprint density at radius 1 is 1.10 bits per heavy atom. The third kappa shape index (κ3) is 5.53. The molecule has 2 aromatic carbocycles. The summed E-state index contributed by atoms with van der Waals surface area (Å²) in [5.74, 6) is 0.211. The van der Waals surface area contributed by atoms with Crippen LogP contribution in [0.5, 0.6) is 5.75 Å². The first-order chi connectivity index (χ1) is 13.9. The van der Waals surface area contributed by atoms with Crippen molar-refractivity contribution in [3.8, 4) is 5.75 Å². The minimum atomic E-state index is -3.64. The molecule has 7 nitrogen and oxygen atoms in total. The molecule has 2 N–H and O–H groups in total. The molecule has 29 heavy (non-hydrogen) atoms. The van der Waals surface area contributed by atoms with Gasteiger partial charge in [0.1, 0.15) is 11.6 Å². The molecule has 3 rings (SSSR count). The molecule has 1 saturated heterocycles. The van der Waals surface area contributed by atoms with Crippen LogP contribution in [0.15, 0.2) is 53.4 Å². The van der Waals surface area contributed by atoms with E-state index in [-0.39, 0.29) is 10.8 Å². The summed E-state index contributed by atoms with van der Waals surface area (Å²) in [4.78, 5) is 13.3. The molecule has 0 saturated carbocycles. The van der Waals surface area contributed by atoms with Crippen molar-refractivity contribution in [2.75, 3.05) is 39.8 Å². The standard InChI is InChI=1S/C20H24FN3O4S/c1-28-18-6-2-16(3-7-18)14-22-20(25)15-23-10-12-24(13-11-23)29(26,27)19-8-4-17(21)5-9-19/h2-9H,10-15H2,1H3,(H,22,25)/p+1. The van der Waals surface area contributed by atoms with Crippen LogP contribution in [-0.2, 0) is 21.4 Å². The number of carbonyl (C=O) groups is 1. The molecular weight excluding hydrogens is 397 g/mol. The average molecular weight is 423 g/mol. The number of sulfonamides is 1. The third-order valence-corrected chi connectivity index (χ3v) is 6.85. The van der Waals surface area contributed by atoms with Gasteiger partial charge in [-0.1, -0.05) is 12.1 Å². The van der Waals surface area contributed by atoms with E-state index in [0.29, 0.717) is 39.3 Å². The topological polar surface area (TPSA) is 80.2 Å². The van der Waals surface area contributed by atoms with Crippen LogP contribution in [-0.4, -0.2) is 58.5 Å². The Hall–Kier alpha value is -2.49. The number of hydrogen-bond acceptors (Lipinski definition) is 4. The number of piperazine rings is 1. The number of hydrogen-bond donors (Lipinski definition) is 2. The molecule has 0 bridgehead atoms. The number of rotatable bonds is 7. The highest BCUT2D eigenvalue weighted by Gasteiger charge is 2.31. The third-order valence-electron chi connectivity index (χ3n) is 4.94. The molecule has 0 aliphatic carbocycles. The quantitative estimate of drug-likeness (QED) is 0.660. The van der Waals surface area contributed by atoms with Gasteiger partial charge in [0.05, 0.1) is 38.2 Å². The van der Waals surface area contributed by atoms with Crippen molar-refractivity contribution in [1.29, 1.82) is 0 Å². The molecular formula is C20H25FN3O4S+. The SMILES string of the molecule is COc1ccc(CNC(=O)C[NH+]2CCN(S(=O)(=O)c3ccc(F)cc3)CC2)cc1. The number of amides is 1. The normalized spacial score (nSPS) is 15.8. The molecule has 0 atom stereocenters. The molecule has 0 unspecified atom stereocenters. The summed E-state index contributed by atoms with van der Waals surface area (Å²) in [6, 6.07) is 12.3. The van der Waals surface area contributed by atoms with Gasteiger partial charge in [0.25, 0.3) is 5.91 Å². The van der Waals surface area contributed by atoms with Crippen LogP contribution in [0.2, 0.25) is 0 Å². The van der Waals surface area contributed by atoms with Crippen LogP contribution >= 0.6 is 0 Å². The summed E-state index contributed by atoms with van der Waals surface area (Å²) in [5, 5.41) is 2.89. The molecule has 156 valence electrons. The van der Waals surface area contributed by atoms with Crippen LogP contribution in [0.25, 0.3) is 0 Å². The molecule has 9 heteroatoms. The van der Waals surface area contributed by atoms with Gasteiger partial charge in [-0.25, -0.2) is 12.8 Å². The summed E-state index contributed by atoms with van der Waals surface area (Å²) in [6.45, 7) is 2.44. The van der Waals surface area contributed by atoms with Crippen molar-refractivity contribution >= 4 is 15.9 Å². The van der Waals surface area contributed by atoms with Gasteiger partial charge in [0.15, 0.2) is 6.54 Å². The predicted octanol–water partition coefficient (Wildman–Crippen LogP) is 0.0399. The molecule has 0 aromatic heterocycles. The average Bonchev–Trinajstić information content (AvgIpc) is 2.73. The number of carbonyl (C=O) groups excluding carboxylic acids is 1. The molecule has 1 amide bonds. The lowest BCUT2D eigenvalue weighted by Crippen LogP contribution is -3.15. The fraction of sp³-hybridized carbons (Fsp3) is 0.350. The molecule has 2 aromatic rings. The Morgan fingerprint density at radius 3 is 2.31 bits per heavy atom. The maximum Gasteiger partial charge on any atom is 0.275 e. The van der Waals surface area contributed by atoms with E-state index in [1.165, 1.54) is 16.4 Å². The number of halogens is 1. The van der Waals surface area contributed by atoms with Crippen molar-refractivity contribution < 1.29 is 27.2 Å². The second-order valence-electron chi connectivity index (χ2n) is 6.91. The number of benzene rings is 2. The first-order valence-electron chi connectivity index (χ1n) is 9.37. The number of ether oxygens (including phenoxy) is 1. The lowest BCUT2D eigenvalue weighted by molar-refractivity contribution is -0.895. The summed E-state index contributed by atoms with van der Waals surface area (Å²) < 4.78 is 44.8. The molecule has 1 aliphatic heterocycles. The Bertz CT molecular complexity index is 925. The van der Waals surface area contributed by atoms with Gasteiger partial charge in [-0.15, -0.1) is 0 Å². The summed E-state index contributed by atoms with van der Waals surface area (Å²) in [7, 11) is -2.04. The highest BCUT2D eigenvalue weighted by atomic mass is 32.2. The summed E-state index contributed by atoms with van der Waals surface area (Å²) in [6.07, 6.45) is 0. The molecule has 0 spiro atoms. The summed E-state index contributed by atoms with van der Waals surface area (Å²) >= 11 is 0. The highest BCUT2D eigenvalue weighted by Crippen LogP contribution is 2.16. The minimum absolute atomic E-state index is 0.0781. The van der Waals surface area contributed by atoms with Gasteiger partial charge >= 0.3 is 0 Å². The zero-order chi connectivity index (χ0) is 20.9. The van der Waals surface area contributed by atoms with Crippen molar-refractivity contribution in [3.05, 3.63) is 59.9 Å². The van der Waals surface area contributed by atoms with Crippen molar-refractivity contribution in [3.63, 3.8) is 0 Å². The smallest absolute Gasteiger partial charge is 0.275 e. The van der Waals surface area contributed by atoms with E-state index in [0.717, 1.165) is 28.3 Å². The Kier molecular flexibility index (Phi) is 6.83. The van der Waals surface area contributed by atoms with Gasteiger partial charge in [0, 0.05) is 6.54 Å². The molecule has 1 fully saturated rings. The Balaban J connectivity index is 1.46. The second kappa shape index (κ2) is 9.34. The first-order valence-corrected chi connectivity index (χ1v) is 10.8. The van der Waals surface area contributed by atoms with Crippen LogP contribution in [0.3, 0.4) is 0 Å². The maximum atomic E-state index is 13.0. The van der Waals surface area contributed by atoms with E-state index in [1.807, 2.05) is 24.3 Å². The fourth-order valence-electron chi connectivity index (χ4n) is 3.21. The lowest BCUT2D eigenvalue weighted by atomic mass is 10.2. The maximum absolute atomic E-state index is 13.0. The van der Waals surface area contributed by atoms with Gasteiger partial charge < -0.3 is 15.0 Å². The predicted molar refractivity (Wildman–Crippen MR) is 106 cm³/mol. The van der Waals surface area contributed by atoms with Crippen molar-refractivity contribution in [2.24, 2.45) is 0 Å². The Labute approximate surface area is 170 Å². The number of nitrogens with one attached hydrogen (secondary N) is 2. The highest BCUT2D eigenvalue weighted by molar-refractivity contribution is 7.89. The van der Waals surface area contributed by atoms with Gasteiger partial charge in [-0.3, -0.25) is 4.79 Å². The van der Waals surface area contributed by atoms with Crippen LogP contribution in [0, 0.1) is 5.82 Å².